The Kier molecular flexibility index (Phi) is 5.97. The van der Waals surface area contributed by atoms with Crippen LogP contribution in [0.1, 0.15) is 36.6 Å². The van der Waals surface area contributed by atoms with Gasteiger partial charge in [0.05, 0.1) is 0 Å². The molecule has 5 nitrogen and oxygen atoms in total. The standard InChI is InChI=1S/C31H20O5/c32-26(21-13-5-1-6-14-21)25-27(22-15-7-2-8-16-22)36-31(30(25)35,28(33)23-17-9-3-10-18-23)29(34)24-19-11-4-12-20-24/h1-20H. The Hall–Kier alpha value is -4.90. The second-order valence-corrected chi connectivity index (χ2v) is 8.27. The minimum absolute atomic E-state index is 0.0944. The number of Topliss-reactive ketones (excluding diaryl/α,β-unsaturated/α-hetero) is 4. The molecular weight excluding hydrogens is 452 g/mol. The molecule has 174 valence electrons. The number of ether oxygens (including phenoxy) is 1. The Morgan fingerprint density at radius 3 is 1.36 bits per heavy atom. The van der Waals surface area contributed by atoms with Gasteiger partial charge in [-0.1, -0.05) is 121 Å². The molecule has 0 saturated heterocycles. The molecular formula is C31H20O5. The van der Waals surface area contributed by atoms with Gasteiger partial charge in [0.25, 0.3) is 5.60 Å². The van der Waals surface area contributed by atoms with Crippen molar-refractivity contribution in [1.82, 2.24) is 0 Å². The molecule has 1 aliphatic heterocycles. The fourth-order valence-corrected chi connectivity index (χ4v) is 4.25. The highest BCUT2D eigenvalue weighted by molar-refractivity contribution is 6.47. The third kappa shape index (κ3) is 3.77. The summed E-state index contributed by atoms with van der Waals surface area (Å²) in [5.41, 5.74) is -2.01. The molecule has 0 atom stereocenters. The molecule has 1 aliphatic rings. The minimum atomic E-state index is -2.58. The predicted molar refractivity (Wildman–Crippen MR) is 135 cm³/mol. The van der Waals surface area contributed by atoms with Crippen LogP contribution in [0.15, 0.2) is 127 Å². The third-order valence-electron chi connectivity index (χ3n) is 6.04. The van der Waals surface area contributed by atoms with Crippen molar-refractivity contribution in [3.05, 3.63) is 149 Å². The Morgan fingerprint density at radius 1 is 0.528 bits per heavy atom. The molecule has 0 aromatic heterocycles. The second-order valence-electron chi connectivity index (χ2n) is 8.27. The summed E-state index contributed by atoms with van der Waals surface area (Å²) in [5, 5.41) is 0. The van der Waals surface area contributed by atoms with E-state index in [1.54, 1.807) is 97.1 Å². The third-order valence-corrected chi connectivity index (χ3v) is 6.04. The highest BCUT2D eigenvalue weighted by atomic mass is 16.5. The van der Waals surface area contributed by atoms with Crippen molar-refractivity contribution in [1.29, 1.82) is 0 Å². The van der Waals surface area contributed by atoms with Gasteiger partial charge >= 0.3 is 0 Å². The first-order valence-corrected chi connectivity index (χ1v) is 11.4. The molecule has 36 heavy (non-hydrogen) atoms. The first-order valence-electron chi connectivity index (χ1n) is 11.4. The van der Waals surface area contributed by atoms with Crippen molar-refractivity contribution < 1.29 is 23.9 Å². The SMILES string of the molecule is O=C(C1=C(c2ccccc2)OC(C(=O)c2ccccc2)(C(=O)c2ccccc2)C1=O)c1ccccc1. The van der Waals surface area contributed by atoms with Crippen molar-refractivity contribution in [2.75, 3.05) is 0 Å². The van der Waals surface area contributed by atoms with Crippen LogP contribution in [0.25, 0.3) is 5.76 Å². The number of rotatable bonds is 7. The average molecular weight is 472 g/mol. The van der Waals surface area contributed by atoms with E-state index in [0.29, 0.717) is 5.56 Å². The summed E-state index contributed by atoms with van der Waals surface area (Å²) in [4.78, 5) is 55.8. The van der Waals surface area contributed by atoms with Crippen molar-refractivity contribution in [3.63, 3.8) is 0 Å². The van der Waals surface area contributed by atoms with E-state index < -0.39 is 28.7 Å². The lowest BCUT2D eigenvalue weighted by Crippen LogP contribution is -2.53. The van der Waals surface area contributed by atoms with Crippen molar-refractivity contribution in [3.8, 4) is 0 Å². The summed E-state index contributed by atoms with van der Waals surface area (Å²) in [6, 6.07) is 32.8. The maximum Gasteiger partial charge on any atom is 0.295 e. The zero-order valence-corrected chi connectivity index (χ0v) is 19.1. The highest BCUT2D eigenvalue weighted by Crippen LogP contribution is 2.42. The summed E-state index contributed by atoms with van der Waals surface area (Å²) >= 11 is 0. The summed E-state index contributed by atoms with van der Waals surface area (Å²) in [6.07, 6.45) is 0. The van der Waals surface area contributed by atoms with E-state index in [1.165, 1.54) is 24.3 Å². The highest BCUT2D eigenvalue weighted by Gasteiger charge is 2.62. The van der Waals surface area contributed by atoms with Gasteiger partial charge in [0.2, 0.25) is 23.1 Å². The molecule has 0 unspecified atom stereocenters. The van der Waals surface area contributed by atoms with E-state index in [9.17, 15) is 19.2 Å². The zero-order chi connectivity index (χ0) is 25.1. The van der Waals surface area contributed by atoms with E-state index >= 15 is 0 Å². The van der Waals surface area contributed by atoms with Gasteiger partial charge in [0, 0.05) is 22.3 Å². The van der Waals surface area contributed by atoms with Gasteiger partial charge in [0.15, 0.2) is 0 Å². The molecule has 0 radical (unpaired) electrons. The maximum atomic E-state index is 14.2. The monoisotopic (exact) mass is 472 g/mol. The van der Waals surface area contributed by atoms with Crippen LogP contribution in [0.3, 0.4) is 0 Å². The average Bonchev–Trinajstić information content (AvgIpc) is 3.27. The van der Waals surface area contributed by atoms with Crippen LogP contribution in [0.4, 0.5) is 0 Å². The molecule has 1 heterocycles. The van der Waals surface area contributed by atoms with Gasteiger partial charge in [-0.2, -0.15) is 0 Å². The number of ketones is 4. The van der Waals surface area contributed by atoms with Crippen LogP contribution in [0.2, 0.25) is 0 Å². The van der Waals surface area contributed by atoms with Gasteiger partial charge in [0.1, 0.15) is 11.3 Å². The Morgan fingerprint density at radius 2 is 0.917 bits per heavy atom. The summed E-state index contributed by atoms with van der Waals surface area (Å²) < 4.78 is 6.15. The minimum Gasteiger partial charge on any atom is -0.461 e. The molecule has 0 aliphatic carbocycles. The quantitative estimate of drug-likeness (QED) is 0.205. The summed E-state index contributed by atoms with van der Waals surface area (Å²) in [6.45, 7) is 0. The zero-order valence-electron chi connectivity index (χ0n) is 19.1. The van der Waals surface area contributed by atoms with Gasteiger partial charge in [-0.25, -0.2) is 0 Å². The van der Waals surface area contributed by atoms with Crippen molar-refractivity contribution >= 4 is 28.9 Å². The lowest BCUT2D eigenvalue weighted by molar-refractivity contribution is -0.122. The normalized spacial score (nSPS) is 14.3. The number of hydrogen-bond acceptors (Lipinski definition) is 5. The first-order chi connectivity index (χ1) is 17.5. The fourth-order valence-electron chi connectivity index (χ4n) is 4.25. The molecule has 4 aromatic rings. The Balaban J connectivity index is 1.74. The molecule has 0 N–H and O–H groups in total. The van der Waals surface area contributed by atoms with E-state index in [2.05, 4.69) is 0 Å². The Bertz CT molecular complexity index is 1440. The van der Waals surface area contributed by atoms with Crippen molar-refractivity contribution in [2.24, 2.45) is 0 Å². The van der Waals surface area contributed by atoms with E-state index in [1.807, 2.05) is 0 Å². The molecule has 0 saturated carbocycles. The van der Waals surface area contributed by atoms with Crippen LogP contribution in [-0.2, 0) is 9.53 Å². The lowest BCUT2D eigenvalue weighted by Gasteiger charge is -2.26. The molecule has 0 amide bonds. The number of carbonyl (C=O) groups excluding carboxylic acids is 4. The van der Waals surface area contributed by atoms with Gasteiger partial charge in [-0.15, -0.1) is 0 Å². The van der Waals surface area contributed by atoms with E-state index in [-0.39, 0.29) is 28.0 Å². The van der Waals surface area contributed by atoms with Crippen LogP contribution >= 0.6 is 0 Å². The van der Waals surface area contributed by atoms with Crippen LogP contribution < -0.4 is 0 Å². The summed E-state index contributed by atoms with van der Waals surface area (Å²) in [7, 11) is 0. The predicted octanol–water partition coefficient (Wildman–Crippen LogP) is 5.38. The van der Waals surface area contributed by atoms with Crippen LogP contribution in [0.5, 0.6) is 0 Å². The molecule has 0 fully saturated rings. The molecule has 0 bridgehead atoms. The second kappa shape index (κ2) is 9.39. The largest absolute Gasteiger partial charge is 0.461 e. The fraction of sp³-hybridized carbons (Fsp3) is 0.0323. The van der Waals surface area contributed by atoms with Gasteiger partial charge in [-0.05, 0) is 0 Å². The van der Waals surface area contributed by atoms with Crippen LogP contribution in [-0.4, -0.2) is 28.7 Å². The molecule has 0 spiro atoms. The Labute approximate surface area is 207 Å². The van der Waals surface area contributed by atoms with Crippen molar-refractivity contribution in [2.45, 2.75) is 5.60 Å². The lowest BCUT2D eigenvalue weighted by atomic mass is 9.79. The first kappa shape index (κ1) is 22.9. The number of carbonyl (C=O) groups is 4. The smallest absolute Gasteiger partial charge is 0.295 e. The molecule has 5 heteroatoms. The molecule has 4 aromatic carbocycles. The topological polar surface area (TPSA) is 77.5 Å². The number of benzene rings is 4. The van der Waals surface area contributed by atoms with Crippen LogP contribution in [0, 0.1) is 0 Å². The number of hydrogen-bond donors (Lipinski definition) is 0. The summed E-state index contributed by atoms with van der Waals surface area (Å²) in [5.74, 6) is -3.35. The van der Waals surface area contributed by atoms with E-state index in [0.717, 1.165) is 0 Å². The van der Waals surface area contributed by atoms with Gasteiger partial charge < -0.3 is 4.74 Å². The van der Waals surface area contributed by atoms with E-state index in [4.69, 9.17) is 4.74 Å². The van der Waals surface area contributed by atoms with Gasteiger partial charge in [-0.3, -0.25) is 19.2 Å². The maximum absolute atomic E-state index is 14.2. The molecule has 5 rings (SSSR count).